The molecule has 0 atom stereocenters. The zero-order valence-electron chi connectivity index (χ0n) is 8.04. The van der Waals surface area contributed by atoms with Crippen LogP contribution in [0.1, 0.15) is 16.7 Å². The lowest BCUT2D eigenvalue weighted by molar-refractivity contribution is -0.134. The Bertz CT molecular complexity index is 394. The van der Waals surface area contributed by atoms with Crippen LogP contribution < -0.4 is 0 Å². The van der Waals surface area contributed by atoms with Crippen molar-refractivity contribution in [2.45, 2.75) is 13.8 Å². The van der Waals surface area contributed by atoms with Gasteiger partial charge in [-0.25, -0.2) is 4.79 Å². The van der Waals surface area contributed by atoms with Gasteiger partial charge in [0.2, 0.25) is 5.83 Å². The molecule has 1 aromatic carbocycles. The van der Waals surface area contributed by atoms with Gasteiger partial charge in [0.25, 0.3) is 0 Å². The fourth-order valence-corrected chi connectivity index (χ4v) is 1.19. The SMILES string of the molecule is Cc1ccc(C=C(F)C(=O)O)c(C)c1. The van der Waals surface area contributed by atoms with Gasteiger partial charge in [0.1, 0.15) is 0 Å². The molecule has 1 rings (SSSR count). The minimum Gasteiger partial charge on any atom is -0.476 e. The summed E-state index contributed by atoms with van der Waals surface area (Å²) >= 11 is 0. The number of rotatable bonds is 2. The van der Waals surface area contributed by atoms with E-state index >= 15 is 0 Å². The summed E-state index contributed by atoms with van der Waals surface area (Å²) in [4.78, 5) is 10.2. The third kappa shape index (κ3) is 2.42. The van der Waals surface area contributed by atoms with Crippen LogP contribution in [0.3, 0.4) is 0 Å². The van der Waals surface area contributed by atoms with Crippen LogP contribution in [-0.2, 0) is 4.79 Å². The summed E-state index contributed by atoms with van der Waals surface area (Å²) in [7, 11) is 0. The molecule has 0 amide bonds. The molecule has 3 heteroatoms. The average Bonchev–Trinajstić information content (AvgIpc) is 2.09. The maximum absolute atomic E-state index is 12.8. The van der Waals surface area contributed by atoms with Crippen molar-refractivity contribution in [1.29, 1.82) is 0 Å². The first kappa shape index (κ1) is 10.4. The summed E-state index contributed by atoms with van der Waals surface area (Å²) in [5, 5.41) is 8.35. The fraction of sp³-hybridized carbons (Fsp3) is 0.182. The number of halogens is 1. The van der Waals surface area contributed by atoms with Crippen molar-refractivity contribution in [1.82, 2.24) is 0 Å². The Hall–Kier alpha value is -1.64. The number of carboxylic acids is 1. The number of benzene rings is 1. The smallest absolute Gasteiger partial charge is 0.364 e. The van der Waals surface area contributed by atoms with E-state index < -0.39 is 11.8 Å². The highest BCUT2D eigenvalue weighted by Crippen LogP contribution is 2.14. The summed E-state index contributed by atoms with van der Waals surface area (Å²) in [6, 6.07) is 5.39. The van der Waals surface area contributed by atoms with Crippen LogP contribution in [0.15, 0.2) is 24.0 Å². The van der Waals surface area contributed by atoms with Crippen molar-refractivity contribution in [2.24, 2.45) is 0 Å². The lowest BCUT2D eigenvalue weighted by atomic mass is 10.1. The van der Waals surface area contributed by atoms with Crippen LogP contribution in [0.2, 0.25) is 0 Å². The summed E-state index contributed by atoms with van der Waals surface area (Å²) in [6.07, 6.45) is 1.02. The lowest BCUT2D eigenvalue weighted by Crippen LogP contribution is -1.94. The van der Waals surface area contributed by atoms with Crippen molar-refractivity contribution >= 4 is 12.0 Å². The Morgan fingerprint density at radius 3 is 2.57 bits per heavy atom. The van der Waals surface area contributed by atoms with Gasteiger partial charge in [-0.15, -0.1) is 0 Å². The molecular formula is C11H11FO2. The van der Waals surface area contributed by atoms with E-state index in [4.69, 9.17) is 5.11 Å². The molecule has 0 bridgehead atoms. The highest BCUT2D eigenvalue weighted by atomic mass is 19.1. The van der Waals surface area contributed by atoms with Gasteiger partial charge < -0.3 is 5.11 Å². The number of carbonyl (C=O) groups is 1. The van der Waals surface area contributed by atoms with Crippen molar-refractivity contribution in [3.8, 4) is 0 Å². The molecule has 1 aromatic rings. The minimum atomic E-state index is -1.54. The van der Waals surface area contributed by atoms with Gasteiger partial charge >= 0.3 is 5.97 Å². The van der Waals surface area contributed by atoms with E-state index in [1.165, 1.54) is 0 Å². The molecule has 0 unspecified atom stereocenters. The number of hydrogen-bond donors (Lipinski definition) is 1. The number of hydrogen-bond acceptors (Lipinski definition) is 1. The first-order valence-corrected chi connectivity index (χ1v) is 4.18. The number of aryl methyl sites for hydroxylation is 2. The predicted molar refractivity (Wildman–Crippen MR) is 52.6 cm³/mol. The summed E-state index contributed by atoms with van der Waals surface area (Å²) in [5.74, 6) is -2.68. The van der Waals surface area contributed by atoms with E-state index in [1.54, 1.807) is 6.07 Å². The normalized spacial score (nSPS) is 11.5. The Labute approximate surface area is 81.7 Å². The first-order chi connectivity index (χ1) is 6.50. The molecule has 0 spiro atoms. The summed E-state index contributed by atoms with van der Waals surface area (Å²) in [6.45, 7) is 3.74. The van der Waals surface area contributed by atoms with Gasteiger partial charge in [0.15, 0.2) is 0 Å². The van der Waals surface area contributed by atoms with Crippen molar-refractivity contribution in [3.63, 3.8) is 0 Å². The molecule has 1 N–H and O–H groups in total. The van der Waals surface area contributed by atoms with Gasteiger partial charge in [-0.05, 0) is 31.1 Å². The van der Waals surface area contributed by atoms with Gasteiger partial charge in [0, 0.05) is 0 Å². The maximum atomic E-state index is 12.8. The van der Waals surface area contributed by atoms with Crippen molar-refractivity contribution in [3.05, 3.63) is 40.7 Å². The van der Waals surface area contributed by atoms with E-state index in [1.807, 2.05) is 26.0 Å². The molecule has 0 radical (unpaired) electrons. The molecule has 74 valence electrons. The van der Waals surface area contributed by atoms with Crippen LogP contribution >= 0.6 is 0 Å². The Kier molecular flexibility index (Phi) is 3.02. The molecule has 14 heavy (non-hydrogen) atoms. The first-order valence-electron chi connectivity index (χ1n) is 4.18. The summed E-state index contributed by atoms with van der Waals surface area (Å²) < 4.78 is 12.8. The van der Waals surface area contributed by atoms with Gasteiger partial charge in [-0.1, -0.05) is 23.8 Å². The van der Waals surface area contributed by atoms with E-state index in [0.717, 1.165) is 17.2 Å². The van der Waals surface area contributed by atoms with Gasteiger partial charge in [0.05, 0.1) is 0 Å². The monoisotopic (exact) mass is 194 g/mol. The molecule has 0 saturated carbocycles. The largest absolute Gasteiger partial charge is 0.476 e. The second kappa shape index (κ2) is 4.05. The molecule has 2 nitrogen and oxygen atoms in total. The van der Waals surface area contributed by atoms with E-state index in [2.05, 4.69) is 0 Å². The molecular weight excluding hydrogens is 183 g/mol. The Morgan fingerprint density at radius 2 is 2.07 bits per heavy atom. The Morgan fingerprint density at radius 1 is 1.43 bits per heavy atom. The lowest BCUT2D eigenvalue weighted by Gasteiger charge is -2.01. The quantitative estimate of drug-likeness (QED) is 0.735. The highest BCUT2D eigenvalue weighted by Gasteiger charge is 2.05. The molecule has 0 aliphatic heterocycles. The third-order valence-electron chi connectivity index (χ3n) is 1.91. The van der Waals surface area contributed by atoms with Crippen LogP contribution in [0.25, 0.3) is 6.08 Å². The molecule has 0 saturated heterocycles. The minimum absolute atomic E-state index is 0.593. The van der Waals surface area contributed by atoms with E-state index in [-0.39, 0.29) is 0 Å². The van der Waals surface area contributed by atoms with E-state index in [0.29, 0.717) is 5.56 Å². The highest BCUT2D eigenvalue weighted by molar-refractivity contribution is 5.89. The standard InChI is InChI=1S/C11H11FO2/c1-7-3-4-9(8(2)5-7)6-10(12)11(13)14/h3-6H,1-2H3,(H,13,14). The van der Waals surface area contributed by atoms with E-state index in [9.17, 15) is 9.18 Å². The molecule has 0 aromatic heterocycles. The topological polar surface area (TPSA) is 37.3 Å². The van der Waals surface area contributed by atoms with Crippen LogP contribution in [0.4, 0.5) is 4.39 Å². The molecule has 0 heterocycles. The van der Waals surface area contributed by atoms with Crippen molar-refractivity contribution in [2.75, 3.05) is 0 Å². The number of aliphatic carboxylic acids is 1. The fourth-order valence-electron chi connectivity index (χ4n) is 1.19. The zero-order chi connectivity index (χ0) is 10.7. The zero-order valence-corrected chi connectivity index (χ0v) is 8.04. The number of carboxylic acid groups (broad SMARTS) is 1. The Balaban J connectivity index is 3.09. The third-order valence-corrected chi connectivity index (χ3v) is 1.91. The molecule has 0 aliphatic rings. The molecule has 0 aliphatic carbocycles. The second-order valence-corrected chi connectivity index (χ2v) is 3.16. The van der Waals surface area contributed by atoms with Crippen LogP contribution in [0.5, 0.6) is 0 Å². The predicted octanol–water partition coefficient (Wildman–Crippen LogP) is 2.70. The van der Waals surface area contributed by atoms with Gasteiger partial charge in [-0.3, -0.25) is 0 Å². The maximum Gasteiger partial charge on any atom is 0.364 e. The van der Waals surface area contributed by atoms with Crippen LogP contribution in [0, 0.1) is 13.8 Å². The summed E-state index contributed by atoms with van der Waals surface area (Å²) in [5.41, 5.74) is 2.52. The molecule has 0 fully saturated rings. The average molecular weight is 194 g/mol. The van der Waals surface area contributed by atoms with Crippen molar-refractivity contribution < 1.29 is 14.3 Å². The van der Waals surface area contributed by atoms with Crippen LogP contribution in [-0.4, -0.2) is 11.1 Å². The second-order valence-electron chi connectivity index (χ2n) is 3.16. The van der Waals surface area contributed by atoms with Gasteiger partial charge in [-0.2, -0.15) is 4.39 Å².